The Labute approximate surface area is 62.2 Å². The number of halogens is 1. The highest BCUT2D eigenvalue weighted by Crippen LogP contribution is 2.28. The van der Waals surface area contributed by atoms with Gasteiger partial charge in [0.15, 0.2) is 0 Å². The van der Waals surface area contributed by atoms with E-state index < -0.39 is 0 Å². The number of hydrogen-bond donors (Lipinski definition) is 1. The standard InChI is InChI=1S/C6H13NO.ClH/c1-5(7)6(2)3-8-4-6;/h5H,3-4,7H2,1-2H3;1H. The lowest BCUT2D eigenvalue weighted by atomic mass is 9.82. The van der Waals surface area contributed by atoms with Gasteiger partial charge in [-0.1, -0.05) is 6.92 Å². The molecule has 0 aromatic heterocycles. The Kier molecular flexibility index (Phi) is 2.93. The number of nitrogens with two attached hydrogens (primary N) is 1. The first-order valence-electron chi connectivity index (χ1n) is 2.98. The van der Waals surface area contributed by atoms with Gasteiger partial charge in [-0.2, -0.15) is 0 Å². The second-order valence-corrected chi connectivity index (χ2v) is 2.94. The fraction of sp³-hybridized carbons (Fsp3) is 1.00. The van der Waals surface area contributed by atoms with Crippen LogP contribution in [0.15, 0.2) is 0 Å². The van der Waals surface area contributed by atoms with Crippen molar-refractivity contribution in [2.45, 2.75) is 19.9 Å². The topological polar surface area (TPSA) is 35.2 Å². The van der Waals surface area contributed by atoms with Crippen molar-refractivity contribution in [3.05, 3.63) is 0 Å². The predicted molar refractivity (Wildman–Crippen MR) is 39.8 cm³/mol. The molecule has 2 nitrogen and oxygen atoms in total. The van der Waals surface area contributed by atoms with E-state index in [0.29, 0.717) is 0 Å². The van der Waals surface area contributed by atoms with E-state index in [1.165, 1.54) is 0 Å². The molecule has 0 aromatic rings. The zero-order chi connectivity index (χ0) is 6.20. The normalized spacial score (nSPS) is 25.7. The molecule has 0 radical (unpaired) electrons. The van der Waals surface area contributed by atoms with E-state index in [1.54, 1.807) is 0 Å². The van der Waals surface area contributed by atoms with Crippen LogP contribution in [0.3, 0.4) is 0 Å². The fourth-order valence-electron chi connectivity index (χ4n) is 0.687. The fourth-order valence-corrected chi connectivity index (χ4v) is 0.687. The maximum Gasteiger partial charge on any atom is 0.0556 e. The van der Waals surface area contributed by atoms with Crippen molar-refractivity contribution in [1.29, 1.82) is 0 Å². The van der Waals surface area contributed by atoms with E-state index in [0.717, 1.165) is 13.2 Å². The van der Waals surface area contributed by atoms with Gasteiger partial charge in [-0.25, -0.2) is 0 Å². The van der Waals surface area contributed by atoms with Gasteiger partial charge in [0.25, 0.3) is 0 Å². The summed E-state index contributed by atoms with van der Waals surface area (Å²) in [5.41, 5.74) is 5.93. The first-order valence-corrected chi connectivity index (χ1v) is 2.98. The van der Waals surface area contributed by atoms with Crippen LogP contribution >= 0.6 is 12.4 Å². The van der Waals surface area contributed by atoms with Crippen LogP contribution in [0.5, 0.6) is 0 Å². The van der Waals surface area contributed by atoms with Gasteiger partial charge in [0.1, 0.15) is 0 Å². The molecule has 1 atom stereocenters. The lowest BCUT2D eigenvalue weighted by Crippen LogP contribution is -2.51. The van der Waals surface area contributed by atoms with Gasteiger partial charge in [-0.05, 0) is 6.92 Å². The van der Waals surface area contributed by atoms with Gasteiger partial charge in [-0.15, -0.1) is 12.4 Å². The Balaban J connectivity index is 0.000000640. The predicted octanol–water partition coefficient (Wildman–Crippen LogP) is 0.792. The van der Waals surface area contributed by atoms with Crippen molar-refractivity contribution in [3.63, 3.8) is 0 Å². The van der Waals surface area contributed by atoms with Crippen molar-refractivity contribution in [2.75, 3.05) is 13.2 Å². The van der Waals surface area contributed by atoms with Crippen LogP contribution in [0.2, 0.25) is 0 Å². The first-order chi connectivity index (χ1) is 3.65. The average molecular weight is 152 g/mol. The van der Waals surface area contributed by atoms with Crippen LogP contribution in [-0.4, -0.2) is 19.3 Å². The third kappa shape index (κ3) is 1.57. The Morgan fingerprint density at radius 3 is 2.00 bits per heavy atom. The summed E-state index contributed by atoms with van der Waals surface area (Å²) in [5, 5.41) is 0. The summed E-state index contributed by atoms with van der Waals surface area (Å²) in [6.45, 7) is 5.86. The molecule has 56 valence electrons. The molecule has 1 aliphatic rings. The van der Waals surface area contributed by atoms with E-state index in [4.69, 9.17) is 10.5 Å². The quantitative estimate of drug-likeness (QED) is 0.602. The van der Waals surface area contributed by atoms with Crippen LogP contribution in [0.4, 0.5) is 0 Å². The summed E-state index contributed by atoms with van der Waals surface area (Å²) in [5.74, 6) is 0. The number of hydrogen-bond acceptors (Lipinski definition) is 2. The zero-order valence-corrected chi connectivity index (χ0v) is 6.70. The number of rotatable bonds is 1. The molecule has 0 spiro atoms. The van der Waals surface area contributed by atoms with Crippen molar-refractivity contribution >= 4 is 12.4 Å². The summed E-state index contributed by atoms with van der Waals surface area (Å²) < 4.78 is 5.02. The van der Waals surface area contributed by atoms with Crippen molar-refractivity contribution in [1.82, 2.24) is 0 Å². The summed E-state index contributed by atoms with van der Waals surface area (Å²) in [7, 11) is 0. The third-order valence-corrected chi connectivity index (χ3v) is 1.96. The minimum Gasteiger partial charge on any atom is -0.380 e. The van der Waals surface area contributed by atoms with Crippen molar-refractivity contribution in [2.24, 2.45) is 11.1 Å². The SMILES string of the molecule is CC(N)C1(C)COC1.Cl. The molecule has 2 N–H and O–H groups in total. The molecule has 0 saturated carbocycles. The zero-order valence-electron chi connectivity index (χ0n) is 5.89. The summed E-state index contributed by atoms with van der Waals surface area (Å²) in [6.07, 6.45) is 0. The molecule has 1 saturated heterocycles. The van der Waals surface area contributed by atoms with Crippen molar-refractivity contribution in [3.8, 4) is 0 Å². The molecule has 0 aliphatic carbocycles. The second-order valence-electron chi connectivity index (χ2n) is 2.94. The lowest BCUT2D eigenvalue weighted by molar-refractivity contribution is -0.111. The molecule has 9 heavy (non-hydrogen) atoms. The second kappa shape index (κ2) is 2.86. The van der Waals surface area contributed by atoms with Gasteiger partial charge in [0.05, 0.1) is 13.2 Å². The Morgan fingerprint density at radius 1 is 1.56 bits per heavy atom. The van der Waals surface area contributed by atoms with Crippen molar-refractivity contribution < 1.29 is 4.74 Å². The molecule has 1 heterocycles. The summed E-state index contributed by atoms with van der Waals surface area (Å²) >= 11 is 0. The highest BCUT2D eigenvalue weighted by atomic mass is 35.5. The van der Waals surface area contributed by atoms with E-state index in [1.807, 2.05) is 6.92 Å². The van der Waals surface area contributed by atoms with Crippen LogP contribution < -0.4 is 5.73 Å². The maximum absolute atomic E-state index is 5.65. The van der Waals surface area contributed by atoms with Crippen LogP contribution in [0, 0.1) is 5.41 Å². The molecule has 0 bridgehead atoms. The molecular weight excluding hydrogens is 138 g/mol. The van der Waals surface area contributed by atoms with E-state index in [-0.39, 0.29) is 23.9 Å². The molecule has 1 aliphatic heterocycles. The maximum atomic E-state index is 5.65. The average Bonchev–Trinajstić information content (AvgIpc) is 1.60. The molecule has 1 rings (SSSR count). The van der Waals surface area contributed by atoms with Crippen LogP contribution in [0.25, 0.3) is 0 Å². The van der Waals surface area contributed by atoms with E-state index in [2.05, 4.69) is 6.92 Å². The Bertz CT molecular complexity index is 91.1. The van der Waals surface area contributed by atoms with E-state index >= 15 is 0 Å². The van der Waals surface area contributed by atoms with E-state index in [9.17, 15) is 0 Å². The lowest BCUT2D eigenvalue weighted by Gasteiger charge is -2.41. The first kappa shape index (κ1) is 9.21. The summed E-state index contributed by atoms with van der Waals surface area (Å²) in [6, 6.07) is 0.274. The van der Waals surface area contributed by atoms with Gasteiger partial charge >= 0.3 is 0 Å². The molecule has 0 aromatic carbocycles. The number of ether oxygens (including phenoxy) is 1. The minimum atomic E-state index is 0. The highest BCUT2D eigenvalue weighted by Gasteiger charge is 2.36. The molecule has 0 amide bonds. The summed E-state index contributed by atoms with van der Waals surface area (Å²) in [4.78, 5) is 0. The smallest absolute Gasteiger partial charge is 0.0556 e. The molecule has 3 heteroatoms. The molecule has 1 unspecified atom stereocenters. The van der Waals surface area contributed by atoms with Gasteiger partial charge in [-0.3, -0.25) is 0 Å². The highest BCUT2D eigenvalue weighted by molar-refractivity contribution is 5.85. The van der Waals surface area contributed by atoms with Gasteiger partial charge < -0.3 is 10.5 Å². The Hall–Kier alpha value is 0.210. The van der Waals surface area contributed by atoms with Crippen LogP contribution in [0.1, 0.15) is 13.8 Å². The largest absolute Gasteiger partial charge is 0.380 e. The minimum absolute atomic E-state index is 0. The monoisotopic (exact) mass is 151 g/mol. The van der Waals surface area contributed by atoms with Gasteiger partial charge in [0.2, 0.25) is 0 Å². The Morgan fingerprint density at radius 2 is 2.00 bits per heavy atom. The molecular formula is C6H14ClNO. The van der Waals surface area contributed by atoms with Crippen LogP contribution in [-0.2, 0) is 4.74 Å². The molecule has 1 fully saturated rings. The third-order valence-electron chi connectivity index (χ3n) is 1.96. The van der Waals surface area contributed by atoms with Gasteiger partial charge in [0, 0.05) is 11.5 Å².